The van der Waals surface area contributed by atoms with Crippen molar-refractivity contribution in [1.82, 2.24) is 15.3 Å². The first kappa shape index (κ1) is 13.1. The molecule has 1 atom stereocenters. The standard InChI is InChI=1S/C14H14FN3O/c1-9-7-17-13(8-16-9)14(19)18-10(2)11-3-5-12(15)6-4-11/h3-8,10H,1-2H3,(H,18,19)/t10-/m1/s1. The van der Waals surface area contributed by atoms with Crippen molar-refractivity contribution in [3.63, 3.8) is 0 Å². The van der Waals surface area contributed by atoms with Crippen LogP contribution in [0.15, 0.2) is 36.7 Å². The van der Waals surface area contributed by atoms with E-state index in [-0.39, 0.29) is 23.5 Å². The molecule has 1 amide bonds. The van der Waals surface area contributed by atoms with E-state index in [9.17, 15) is 9.18 Å². The lowest BCUT2D eigenvalue weighted by Crippen LogP contribution is -2.27. The van der Waals surface area contributed by atoms with Crippen LogP contribution in [0.25, 0.3) is 0 Å². The van der Waals surface area contributed by atoms with Gasteiger partial charge in [-0.05, 0) is 31.5 Å². The van der Waals surface area contributed by atoms with Gasteiger partial charge in [-0.2, -0.15) is 0 Å². The molecular weight excluding hydrogens is 245 g/mol. The van der Waals surface area contributed by atoms with Gasteiger partial charge in [-0.25, -0.2) is 9.37 Å². The molecule has 0 saturated heterocycles. The molecule has 0 aliphatic rings. The molecule has 0 bridgehead atoms. The minimum Gasteiger partial charge on any atom is -0.344 e. The van der Waals surface area contributed by atoms with Gasteiger partial charge in [-0.1, -0.05) is 12.1 Å². The van der Waals surface area contributed by atoms with Gasteiger partial charge >= 0.3 is 0 Å². The number of halogens is 1. The number of benzene rings is 1. The molecule has 1 N–H and O–H groups in total. The fourth-order valence-corrected chi connectivity index (χ4v) is 1.62. The normalized spacial score (nSPS) is 11.9. The highest BCUT2D eigenvalue weighted by Crippen LogP contribution is 2.13. The van der Waals surface area contributed by atoms with E-state index in [2.05, 4.69) is 15.3 Å². The van der Waals surface area contributed by atoms with Crippen molar-refractivity contribution in [2.75, 3.05) is 0 Å². The summed E-state index contributed by atoms with van der Waals surface area (Å²) in [5, 5.41) is 2.79. The Labute approximate surface area is 110 Å². The summed E-state index contributed by atoms with van der Waals surface area (Å²) in [6.07, 6.45) is 2.97. The molecule has 0 unspecified atom stereocenters. The van der Waals surface area contributed by atoms with Gasteiger partial charge in [-0.15, -0.1) is 0 Å². The maximum atomic E-state index is 12.8. The van der Waals surface area contributed by atoms with Crippen LogP contribution in [0.2, 0.25) is 0 Å². The number of aromatic nitrogens is 2. The SMILES string of the molecule is Cc1cnc(C(=O)N[C@H](C)c2ccc(F)cc2)cn1. The van der Waals surface area contributed by atoms with E-state index < -0.39 is 0 Å². The lowest BCUT2D eigenvalue weighted by molar-refractivity contribution is 0.0934. The first-order valence-electron chi connectivity index (χ1n) is 5.91. The first-order valence-corrected chi connectivity index (χ1v) is 5.91. The van der Waals surface area contributed by atoms with Gasteiger partial charge < -0.3 is 5.32 Å². The Morgan fingerprint density at radius 1 is 1.21 bits per heavy atom. The van der Waals surface area contributed by atoms with Crippen molar-refractivity contribution < 1.29 is 9.18 Å². The van der Waals surface area contributed by atoms with E-state index in [1.807, 2.05) is 6.92 Å². The Morgan fingerprint density at radius 2 is 1.89 bits per heavy atom. The zero-order valence-corrected chi connectivity index (χ0v) is 10.7. The smallest absolute Gasteiger partial charge is 0.271 e. The van der Waals surface area contributed by atoms with Gasteiger partial charge in [0.25, 0.3) is 5.91 Å². The minimum absolute atomic E-state index is 0.226. The number of aryl methyl sites for hydroxylation is 1. The molecule has 19 heavy (non-hydrogen) atoms. The molecule has 0 aliphatic heterocycles. The number of rotatable bonds is 3. The van der Waals surface area contributed by atoms with Crippen LogP contribution in [-0.4, -0.2) is 15.9 Å². The number of carbonyl (C=O) groups excluding carboxylic acids is 1. The van der Waals surface area contributed by atoms with Gasteiger partial charge in [0.05, 0.1) is 17.9 Å². The van der Waals surface area contributed by atoms with Crippen LogP contribution in [0.4, 0.5) is 4.39 Å². The van der Waals surface area contributed by atoms with Crippen molar-refractivity contribution >= 4 is 5.91 Å². The highest BCUT2D eigenvalue weighted by Gasteiger charge is 2.12. The second kappa shape index (κ2) is 5.56. The van der Waals surface area contributed by atoms with E-state index in [1.54, 1.807) is 19.1 Å². The fraction of sp³-hybridized carbons (Fsp3) is 0.214. The average Bonchev–Trinajstić information content (AvgIpc) is 2.40. The highest BCUT2D eigenvalue weighted by molar-refractivity contribution is 5.92. The Kier molecular flexibility index (Phi) is 3.85. The van der Waals surface area contributed by atoms with E-state index in [1.165, 1.54) is 24.5 Å². The molecule has 2 aromatic rings. The molecule has 0 aliphatic carbocycles. The van der Waals surface area contributed by atoms with Gasteiger partial charge in [0, 0.05) is 6.20 Å². The molecule has 0 saturated carbocycles. The lowest BCUT2D eigenvalue weighted by atomic mass is 10.1. The lowest BCUT2D eigenvalue weighted by Gasteiger charge is -2.13. The molecule has 98 valence electrons. The monoisotopic (exact) mass is 259 g/mol. The zero-order valence-electron chi connectivity index (χ0n) is 10.7. The van der Waals surface area contributed by atoms with Crippen molar-refractivity contribution in [2.45, 2.75) is 19.9 Å². The molecule has 0 fully saturated rings. The second-order valence-electron chi connectivity index (χ2n) is 4.29. The van der Waals surface area contributed by atoms with Crippen LogP contribution >= 0.6 is 0 Å². The zero-order chi connectivity index (χ0) is 13.8. The van der Waals surface area contributed by atoms with Gasteiger partial charge in [0.1, 0.15) is 11.5 Å². The van der Waals surface area contributed by atoms with Crippen LogP contribution in [0, 0.1) is 12.7 Å². The summed E-state index contributed by atoms with van der Waals surface area (Å²) in [6.45, 7) is 3.63. The fourth-order valence-electron chi connectivity index (χ4n) is 1.62. The summed E-state index contributed by atoms with van der Waals surface area (Å²) in [5.41, 5.74) is 1.84. The molecule has 0 radical (unpaired) electrons. The van der Waals surface area contributed by atoms with Crippen LogP contribution in [0.1, 0.15) is 34.7 Å². The summed E-state index contributed by atoms with van der Waals surface area (Å²) < 4.78 is 12.8. The topological polar surface area (TPSA) is 54.9 Å². The predicted octanol–water partition coefficient (Wildman–Crippen LogP) is 2.42. The number of carbonyl (C=O) groups is 1. The summed E-state index contributed by atoms with van der Waals surface area (Å²) in [6, 6.07) is 5.78. The maximum absolute atomic E-state index is 12.8. The quantitative estimate of drug-likeness (QED) is 0.921. The predicted molar refractivity (Wildman–Crippen MR) is 69.1 cm³/mol. The summed E-state index contributed by atoms with van der Waals surface area (Å²) in [5.74, 6) is -0.601. The van der Waals surface area contributed by atoms with Gasteiger partial charge in [0.2, 0.25) is 0 Å². The Hall–Kier alpha value is -2.30. The van der Waals surface area contributed by atoms with Crippen LogP contribution in [-0.2, 0) is 0 Å². The molecular formula is C14H14FN3O. The van der Waals surface area contributed by atoms with Crippen molar-refractivity contribution in [3.8, 4) is 0 Å². The Morgan fingerprint density at radius 3 is 2.47 bits per heavy atom. The first-order chi connectivity index (χ1) is 9.06. The van der Waals surface area contributed by atoms with Crippen LogP contribution in [0.3, 0.4) is 0 Å². The third-order valence-electron chi connectivity index (χ3n) is 2.73. The van der Waals surface area contributed by atoms with E-state index in [0.717, 1.165) is 11.3 Å². The molecule has 1 heterocycles. The summed E-state index contributed by atoms with van der Waals surface area (Å²) in [4.78, 5) is 19.9. The Balaban J connectivity index is 2.06. The molecule has 1 aromatic heterocycles. The summed E-state index contributed by atoms with van der Waals surface area (Å²) >= 11 is 0. The average molecular weight is 259 g/mol. The Bertz CT molecular complexity index is 566. The number of nitrogens with one attached hydrogen (secondary N) is 1. The van der Waals surface area contributed by atoms with Crippen molar-refractivity contribution in [1.29, 1.82) is 0 Å². The minimum atomic E-state index is -0.302. The van der Waals surface area contributed by atoms with Crippen LogP contribution < -0.4 is 5.32 Å². The number of amides is 1. The van der Waals surface area contributed by atoms with E-state index in [0.29, 0.717) is 0 Å². The van der Waals surface area contributed by atoms with E-state index in [4.69, 9.17) is 0 Å². The highest BCUT2D eigenvalue weighted by atomic mass is 19.1. The summed E-state index contributed by atoms with van der Waals surface area (Å²) in [7, 11) is 0. The molecule has 5 heteroatoms. The third kappa shape index (κ3) is 3.34. The second-order valence-corrected chi connectivity index (χ2v) is 4.29. The van der Waals surface area contributed by atoms with E-state index >= 15 is 0 Å². The molecule has 1 aromatic carbocycles. The van der Waals surface area contributed by atoms with Crippen molar-refractivity contribution in [3.05, 3.63) is 59.4 Å². The van der Waals surface area contributed by atoms with Gasteiger partial charge in [-0.3, -0.25) is 9.78 Å². The molecule has 0 spiro atoms. The number of nitrogens with zero attached hydrogens (tertiary/aromatic N) is 2. The largest absolute Gasteiger partial charge is 0.344 e. The maximum Gasteiger partial charge on any atom is 0.271 e. The van der Waals surface area contributed by atoms with Crippen LogP contribution in [0.5, 0.6) is 0 Å². The number of hydrogen-bond acceptors (Lipinski definition) is 3. The number of hydrogen-bond donors (Lipinski definition) is 1. The third-order valence-corrected chi connectivity index (χ3v) is 2.73. The van der Waals surface area contributed by atoms with Crippen molar-refractivity contribution in [2.24, 2.45) is 0 Å². The molecule has 4 nitrogen and oxygen atoms in total. The molecule has 2 rings (SSSR count). The van der Waals surface area contributed by atoms with Gasteiger partial charge in [0.15, 0.2) is 0 Å².